The number of carbonyl (C=O) groups is 2. The molecule has 3 aromatic carbocycles. The zero-order chi connectivity index (χ0) is 25.2. The maximum absolute atomic E-state index is 13.6. The van der Waals surface area contributed by atoms with Crippen molar-refractivity contribution in [2.24, 2.45) is 0 Å². The summed E-state index contributed by atoms with van der Waals surface area (Å²) in [6, 6.07) is 22.7. The largest absolute Gasteiger partial charge is 0.483 e. The molecule has 184 valence electrons. The molecule has 3 aromatic rings. The molecule has 0 aliphatic rings. The van der Waals surface area contributed by atoms with Gasteiger partial charge in [-0.25, -0.2) is 0 Å². The van der Waals surface area contributed by atoms with Gasteiger partial charge in [0, 0.05) is 24.0 Å². The van der Waals surface area contributed by atoms with Crippen LogP contribution < -0.4 is 10.1 Å². The van der Waals surface area contributed by atoms with Crippen molar-refractivity contribution in [2.45, 2.75) is 39.3 Å². The summed E-state index contributed by atoms with van der Waals surface area (Å²) in [6.45, 7) is 4.56. The maximum atomic E-state index is 13.6. The van der Waals surface area contributed by atoms with Crippen LogP contribution in [0.4, 0.5) is 0 Å². The van der Waals surface area contributed by atoms with Crippen LogP contribution in [0.1, 0.15) is 30.5 Å². The van der Waals surface area contributed by atoms with Crippen molar-refractivity contribution < 1.29 is 14.3 Å². The molecular weight excluding hydrogens is 572 g/mol. The van der Waals surface area contributed by atoms with E-state index < -0.39 is 6.04 Å². The number of halogens is 2. The lowest BCUT2D eigenvalue weighted by Gasteiger charge is -2.31. The van der Waals surface area contributed by atoms with E-state index >= 15 is 0 Å². The number of benzene rings is 3. The summed E-state index contributed by atoms with van der Waals surface area (Å²) < 4.78 is 7.65. The fraction of sp³-hybridized carbons (Fsp3) is 0.286. The van der Waals surface area contributed by atoms with Crippen LogP contribution in [0.15, 0.2) is 81.7 Å². The zero-order valence-corrected chi connectivity index (χ0v) is 23.1. The van der Waals surface area contributed by atoms with Crippen molar-refractivity contribution in [3.8, 4) is 5.75 Å². The lowest BCUT2D eigenvalue weighted by Crippen LogP contribution is -2.51. The molecular formula is C28H30Br2N2O3. The Morgan fingerprint density at radius 1 is 0.914 bits per heavy atom. The number of amides is 2. The van der Waals surface area contributed by atoms with Crippen molar-refractivity contribution in [1.82, 2.24) is 10.2 Å². The number of nitrogens with one attached hydrogen (secondary N) is 1. The first-order valence-electron chi connectivity index (χ1n) is 11.7. The third kappa shape index (κ3) is 7.94. The van der Waals surface area contributed by atoms with E-state index in [0.717, 1.165) is 26.5 Å². The topological polar surface area (TPSA) is 58.6 Å². The van der Waals surface area contributed by atoms with Gasteiger partial charge in [-0.1, -0.05) is 71.4 Å². The minimum atomic E-state index is -0.678. The molecule has 0 aliphatic heterocycles. The highest BCUT2D eigenvalue weighted by Gasteiger charge is 2.30. The van der Waals surface area contributed by atoms with Gasteiger partial charge in [-0.3, -0.25) is 9.59 Å². The molecule has 0 aromatic heterocycles. The quantitative estimate of drug-likeness (QED) is 0.296. The first-order valence-corrected chi connectivity index (χ1v) is 13.3. The predicted octanol–water partition coefficient (Wildman–Crippen LogP) is 5.93. The van der Waals surface area contributed by atoms with Crippen molar-refractivity contribution in [1.29, 1.82) is 0 Å². The van der Waals surface area contributed by atoms with E-state index in [1.165, 1.54) is 5.56 Å². The van der Waals surface area contributed by atoms with Gasteiger partial charge in [-0.15, -0.1) is 0 Å². The summed E-state index contributed by atoms with van der Waals surface area (Å²) in [4.78, 5) is 28.4. The van der Waals surface area contributed by atoms with E-state index in [4.69, 9.17) is 4.74 Å². The van der Waals surface area contributed by atoms with E-state index in [-0.39, 0.29) is 18.4 Å². The average molecular weight is 602 g/mol. The van der Waals surface area contributed by atoms with Crippen LogP contribution in [0.25, 0.3) is 0 Å². The Labute approximate surface area is 224 Å². The molecule has 0 spiro atoms. The molecule has 0 aliphatic carbocycles. The van der Waals surface area contributed by atoms with Crippen LogP contribution in [0, 0.1) is 0 Å². The van der Waals surface area contributed by atoms with Gasteiger partial charge in [0.05, 0.1) is 4.47 Å². The first-order chi connectivity index (χ1) is 16.9. The highest BCUT2D eigenvalue weighted by atomic mass is 79.9. The number of nitrogens with zero attached hydrogens (tertiary/aromatic N) is 1. The summed E-state index contributed by atoms with van der Waals surface area (Å²) >= 11 is 6.99. The van der Waals surface area contributed by atoms with Crippen LogP contribution in [0.5, 0.6) is 5.75 Å². The summed E-state index contributed by atoms with van der Waals surface area (Å²) in [5.74, 6) is 0.152. The van der Waals surface area contributed by atoms with Crippen molar-refractivity contribution in [3.05, 3.63) is 98.4 Å². The third-order valence-electron chi connectivity index (χ3n) is 5.64. The molecule has 7 heteroatoms. The van der Waals surface area contributed by atoms with E-state index in [1.54, 1.807) is 4.90 Å². The second-order valence-corrected chi connectivity index (χ2v) is 9.93. The monoisotopic (exact) mass is 600 g/mol. The molecule has 0 heterocycles. The van der Waals surface area contributed by atoms with E-state index in [0.29, 0.717) is 25.3 Å². The molecule has 3 rings (SSSR count). The van der Waals surface area contributed by atoms with Gasteiger partial charge in [-0.2, -0.15) is 0 Å². The lowest BCUT2D eigenvalue weighted by atomic mass is 10.0. The Morgan fingerprint density at radius 2 is 1.60 bits per heavy atom. The molecule has 0 fully saturated rings. The van der Waals surface area contributed by atoms with Crippen molar-refractivity contribution in [2.75, 3.05) is 13.2 Å². The van der Waals surface area contributed by atoms with Gasteiger partial charge in [0.1, 0.15) is 11.8 Å². The molecule has 35 heavy (non-hydrogen) atoms. The van der Waals surface area contributed by atoms with Gasteiger partial charge in [0.2, 0.25) is 5.91 Å². The molecule has 0 saturated heterocycles. The number of ether oxygens (including phenoxy) is 1. The molecule has 0 radical (unpaired) electrons. The van der Waals surface area contributed by atoms with Crippen LogP contribution >= 0.6 is 31.9 Å². The van der Waals surface area contributed by atoms with Crippen molar-refractivity contribution >= 4 is 43.7 Å². The summed E-state index contributed by atoms with van der Waals surface area (Å²) in [6.07, 6.45) is 1.32. The molecule has 0 unspecified atom stereocenters. The summed E-state index contributed by atoms with van der Waals surface area (Å²) in [7, 11) is 0. The Kier molecular flexibility index (Phi) is 10.4. The number of hydrogen-bond donors (Lipinski definition) is 1. The van der Waals surface area contributed by atoms with E-state index in [1.807, 2.05) is 79.7 Å². The van der Waals surface area contributed by atoms with Gasteiger partial charge in [0.15, 0.2) is 6.61 Å². The Bertz CT molecular complexity index is 1120. The minimum absolute atomic E-state index is 0.175. The molecule has 2 amide bonds. The fourth-order valence-electron chi connectivity index (χ4n) is 3.74. The number of likely N-dealkylation sites (N-methyl/N-ethyl adjacent to an activating group) is 1. The van der Waals surface area contributed by atoms with Crippen LogP contribution in [0.2, 0.25) is 0 Å². The second kappa shape index (κ2) is 13.4. The zero-order valence-electron chi connectivity index (χ0n) is 20.0. The highest BCUT2D eigenvalue weighted by molar-refractivity contribution is 9.10. The van der Waals surface area contributed by atoms with Crippen LogP contribution in [0.3, 0.4) is 0 Å². The number of rotatable bonds is 11. The smallest absolute Gasteiger partial charge is 0.261 e. The molecule has 0 bridgehead atoms. The molecule has 0 saturated carbocycles. The maximum Gasteiger partial charge on any atom is 0.261 e. The average Bonchev–Trinajstić information content (AvgIpc) is 2.87. The third-order valence-corrected chi connectivity index (χ3v) is 6.79. The second-order valence-electron chi connectivity index (χ2n) is 8.16. The van der Waals surface area contributed by atoms with Crippen LogP contribution in [-0.4, -0.2) is 35.9 Å². The normalized spacial score (nSPS) is 11.5. The number of carbonyl (C=O) groups excluding carboxylic acids is 2. The predicted molar refractivity (Wildman–Crippen MR) is 146 cm³/mol. The SMILES string of the molecule is CCNC(=O)[C@H](Cc1ccccc1)N(Cc1ccc(Br)cc1)C(=O)COc1ccc(CC)cc1Br. The minimum Gasteiger partial charge on any atom is -0.483 e. The summed E-state index contributed by atoms with van der Waals surface area (Å²) in [5.41, 5.74) is 3.08. The summed E-state index contributed by atoms with van der Waals surface area (Å²) in [5, 5.41) is 2.90. The van der Waals surface area contributed by atoms with Gasteiger partial charge in [-0.05, 0) is 70.2 Å². The van der Waals surface area contributed by atoms with E-state index in [9.17, 15) is 9.59 Å². The molecule has 1 N–H and O–H groups in total. The van der Waals surface area contributed by atoms with Gasteiger partial charge in [0.25, 0.3) is 5.91 Å². The highest BCUT2D eigenvalue weighted by Crippen LogP contribution is 2.26. The fourth-order valence-corrected chi connectivity index (χ4v) is 4.54. The molecule has 5 nitrogen and oxygen atoms in total. The van der Waals surface area contributed by atoms with Crippen LogP contribution in [-0.2, 0) is 29.0 Å². The first kappa shape index (κ1) is 27.0. The number of aryl methyl sites for hydroxylation is 1. The van der Waals surface area contributed by atoms with E-state index in [2.05, 4.69) is 44.1 Å². The van der Waals surface area contributed by atoms with Gasteiger partial charge >= 0.3 is 0 Å². The molecule has 1 atom stereocenters. The van der Waals surface area contributed by atoms with Gasteiger partial charge < -0.3 is 15.0 Å². The standard InChI is InChI=1S/C28H30Br2N2O3/c1-3-20-12-15-26(24(30)16-20)35-19-27(33)32(18-22-10-13-23(29)14-11-22)25(28(34)31-4-2)17-21-8-6-5-7-9-21/h5-16,25H,3-4,17-19H2,1-2H3,(H,31,34)/t25-/m0/s1. The number of hydrogen-bond acceptors (Lipinski definition) is 3. The Hall–Kier alpha value is -2.64. The van der Waals surface area contributed by atoms with Crippen molar-refractivity contribution in [3.63, 3.8) is 0 Å². The Morgan fingerprint density at radius 3 is 2.23 bits per heavy atom. The Balaban J connectivity index is 1.88. The lowest BCUT2D eigenvalue weighted by molar-refractivity contribution is -0.142.